The molecule has 1 aromatic heterocycles. The largest absolute Gasteiger partial charge is 0.476 e. The lowest BCUT2D eigenvalue weighted by Crippen LogP contribution is -2.20. The number of rotatable bonds is 2. The van der Waals surface area contributed by atoms with E-state index in [9.17, 15) is 9.59 Å². The van der Waals surface area contributed by atoms with Gasteiger partial charge in [-0.2, -0.15) is 5.10 Å². The van der Waals surface area contributed by atoms with E-state index in [1.807, 2.05) is 42.5 Å². The molecule has 0 unspecified atom stereocenters. The van der Waals surface area contributed by atoms with Crippen molar-refractivity contribution < 1.29 is 9.90 Å². The van der Waals surface area contributed by atoms with Crippen LogP contribution < -0.4 is 5.43 Å². The van der Waals surface area contributed by atoms with Crippen LogP contribution in [-0.4, -0.2) is 20.9 Å². The van der Waals surface area contributed by atoms with E-state index >= 15 is 0 Å². The molecule has 0 radical (unpaired) electrons. The number of carbonyl (C=O) groups is 1. The second-order valence-electron chi connectivity index (χ2n) is 4.28. The Morgan fingerprint density at radius 3 is 2.60 bits per heavy atom. The molecule has 0 bridgehead atoms. The lowest BCUT2D eigenvalue weighted by atomic mass is 10.1. The molecule has 20 heavy (non-hydrogen) atoms. The molecule has 0 saturated carbocycles. The predicted molar refractivity (Wildman–Crippen MR) is 74.3 cm³/mol. The van der Waals surface area contributed by atoms with Gasteiger partial charge >= 0.3 is 5.97 Å². The molecule has 0 aliphatic carbocycles. The summed E-state index contributed by atoms with van der Waals surface area (Å²) in [6, 6.07) is 14.5. The first kappa shape index (κ1) is 12.1. The first-order chi connectivity index (χ1) is 9.66. The van der Waals surface area contributed by atoms with Crippen molar-refractivity contribution in [2.24, 2.45) is 0 Å². The number of benzene rings is 2. The van der Waals surface area contributed by atoms with Crippen molar-refractivity contribution in [1.29, 1.82) is 0 Å². The highest BCUT2D eigenvalue weighted by Crippen LogP contribution is 2.20. The minimum Gasteiger partial charge on any atom is -0.476 e. The van der Waals surface area contributed by atoms with Crippen molar-refractivity contribution in [2.75, 3.05) is 0 Å². The molecule has 3 rings (SSSR count). The average Bonchev–Trinajstić information content (AvgIpc) is 2.47. The number of hydrogen-bond acceptors (Lipinski definition) is 3. The van der Waals surface area contributed by atoms with Crippen molar-refractivity contribution in [3.63, 3.8) is 0 Å². The molecule has 1 heterocycles. The molecular formula is C15H10N2O3. The minimum absolute atomic E-state index is 0.486. The molecule has 2 aromatic carbocycles. The maximum absolute atomic E-state index is 11.5. The van der Waals surface area contributed by atoms with E-state index in [0.717, 1.165) is 16.5 Å². The Morgan fingerprint density at radius 1 is 1.05 bits per heavy atom. The topological polar surface area (TPSA) is 72.2 Å². The van der Waals surface area contributed by atoms with Crippen LogP contribution in [0.5, 0.6) is 0 Å². The van der Waals surface area contributed by atoms with Crippen molar-refractivity contribution in [1.82, 2.24) is 9.78 Å². The van der Waals surface area contributed by atoms with Gasteiger partial charge in [0.25, 0.3) is 0 Å². The zero-order valence-electron chi connectivity index (χ0n) is 10.4. The summed E-state index contributed by atoms with van der Waals surface area (Å²) in [6.07, 6.45) is 1.47. The molecule has 0 aliphatic rings. The van der Waals surface area contributed by atoms with Crippen molar-refractivity contribution in [2.45, 2.75) is 0 Å². The highest BCUT2D eigenvalue weighted by atomic mass is 16.4. The second-order valence-corrected chi connectivity index (χ2v) is 4.28. The summed E-state index contributed by atoms with van der Waals surface area (Å²) in [7, 11) is 0. The number of carboxylic acid groups (broad SMARTS) is 1. The van der Waals surface area contributed by atoms with Crippen molar-refractivity contribution in [3.05, 3.63) is 70.6 Å². The molecule has 5 nitrogen and oxygen atoms in total. The smallest absolute Gasteiger partial charge is 0.360 e. The number of hydrogen-bond donors (Lipinski definition) is 1. The lowest BCUT2D eigenvalue weighted by Gasteiger charge is -2.09. The van der Waals surface area contributed by atoms with Crippen LogP contribution in [0.2, 0.25) is 0 Å². The second kappa shape index (κ2) is 4.62. The van der Waals surface area contributed by atoms with Gasteiger partial charge in [-0.05, 0) is 11.5 Å². The molecule has 0 fully saturated rings. The number of aromatic carboxylic acids is 1. The fraction of sp³-hybridized carbons (Fsp3) is 0. The Hall–Kier alpha value is -2.95. The molecule has 3 aromatic rings. The minimum atomic E-state index is -1.33. The fourth-order valence-electron chi connectivity index (χ4n) is 2.10. The van der Waals surface area contributed by atoms with Gasteiger partial charge in [-0.15, -0.1) is 0 Å². The zero-order chi connectivity index (χ0) is 14.1. The lowest BCUT2D eigenvalue weighted by molar-refractivity contribution is 0.0687. The Morgan fingerprint density at radius 2 is 1.80 bits per heavy atom. The third kappa shape index (κ3) is 1.95. The number of carboxylic acids is 1. The number of fused-ring (bicyclic) bond motifs is 1. The van der Waals surface area contributed by atoms with Crippen molar-refractivity contribution in [3.8, 4) is 5.69 Å². The van der Waals surface area contributed by atoms with E-state index in [1.54, 1.807) is 0 Å². The van der Waals surface area contributed by atoms with Crippen LogP contribution in [0.15, 0.2) is 59.5 Å². The van der Waals surface area contributed by atoms with E-state index in [0.29, 0.717) is 0 Å². The number of nitrogens with zero attached hydrogens (tertiary/aromatic N) is 2. The van der Waals surface area contributed by atoms with Crippen LogP contribution >= 0.6 is 0 Å². The summed E-state index contributed by atoms with van der Waals surface area (Å²) in [5, 5.41) is 14.8. The summed E-state index contributed by atoms with van der Waals surface area (Å²) in [5.41, 5.74) is -0.361. The highest BCUT2D eigenvalue weighted by molar-refractivity contribution is 5.90. The van der Waals surface area contributed by atoms with E-state index in [2.05, 4.69) is 5.10 Å². The van der Waals surface area contributed by atoms with Gasteiger partial charge in [-0.1, -0.05) is 36.4 Å². The Labute approximate surface area is 113 Å². The predicted octanol–water partition coefficient (Wildman–Crippen LogP) is 2.08. The van der Waals surface area contributed by atoms with E-state index < -0.39 is 17.1 Å². The molecule has 98 valence electrons. The molecule has 1 N–H and O–H groups in total. The number of aromatic nitrogens is 2. The molecule has 0 aliphatic heterocycles. The van der Waals surface area contributed by atoms with Gasteiger partial charge in [0.15, 0.2) is 0 Å². The third-order valence-electron chi connectivity index (χ3n) is 3.02. The Balaban J connectivity index is 2.29. The molecule has 0 spiro atoms. The van der Waals surface area contributed by atoms with Crippen LogP contribution in [0.25, 0.3) is 16.5 Å². The SMILES string of the molecule is O=C(O)c1nn(-c2cccc3ccccc23)ccc1=O. The maximum atomic E-state index is 11.5. The van der Waals surface area contributed by atoms with Gasteiger partial charge in [-0.25, -0.2) is 9.48 Å². The average molecular weight is 266 g/mol. The summed E-state index contributed by atoms with van der Waals surface area (Å²) in [4.78, 5) is 22.4. The van der Waals surface area contributed by atoms with Crippen LogP contribution in [-0.2, 0) is 0 Å². The van der Waals surface area contributed by atoms with Gasteiger partial charge in [0.2, 0.25) is 11.1 Å². The van der Waals surface area contributed by atoms with Gasteiger partial charge in [-0.3, -0.25) is 4.79 Å². The monoisotopic (exact) mass is 266 g/mol. The van der Waals surface area contributed by atoms with Gasteiger partial charge in [0.1, 0.15) is 0 Å². The maximum Gasteiger partial charge on any atom is 0.360 e. The third-order valence-corrected chi connectivity index (χ3v) is 3.02. The summed E-state index contributed by atoms with van der Waals surface area (Å²) >= 11 is 0. The van der Waals surface area contributed by atoms with Crippen LogP contribution in [0.1, 0.15) is 10.5 Å². The van der Waals surface area contributed by atoms with E-state index in [1.165, 1.54) is 16.9 Å². The van der Waals surface area contributed by atoms with E-state index in [-0.39, 0.29) is 0 Å². The molecule has 5 heteroatoms. The summed E-state index contributed by atoms with van der Waals surface area (Å²) in [6.45, 7) is 0. The first-order valence-electron chi connectivity index (χ1n) is 5.98. The van der Waals surface area contributed by atoms with Crippen LogP contribution in [0, 0.1) is 0 Å². The Bertz CT molecular complexity index is 863. The molecule has 0 atom stereocenters. The van der Waals surface area contributed by atoms with Crippen LogP contribution in [0.4, 0.5) is 0 Å². The Kier molecular flexibility index (Phi) is 2.80. The van der Waals surface area contributed by atoms with Crippen LogP contribution in [0.3, 0.4) is 0 Å². The summed E-state index contributed by atoms with van der Waals surface area (Å²) in [5.74, 6) is -1.33. The van der Waals surface area contributed by atoms with E-state index in [4.69, 9.17) is 5.11 Å². The van der Waals surface area contributed by atoms with Gasteiger partial charge < -0.3 is 5.11 Å². The quantitative estimate of drug-likeness (QED) is 0.770. The highest BCUT2D eigenvalue weighted by Gasteiger charge is 2.12. The zero-order valence-corrected chi connectivity index (χ0v) is 10.4. The normalized spacial score (nSPS) is 10.6. The van der Waals surface area contributed by atoms with Crippen molar-refractivity contribution >= 4 is 16.7 Å². The molecule has 0 amide bonds. The first-order valence-corrected chi connectivity index (χ1v) is 5.98. The standard InChI is InChI=1S/C15H10N2O3/c18-13-8-9-17(16-14(13)15(19)20)12-7-3-5-10-4-1-2-6-11(10)12/h1-9H,(H,19,20). The molecular weight excluding hydrogens is 256 g/mol. The fourth-order valence-corrected chi connectivity index (χ4v) is 2.10. The van der Waals surface area contributed by atoms with Gasteiger partial charge in [0.05, 0.1) is 5.69 Å². The molecule has 0 saturated heterocycles. The summed E-state index contributed by atoms with van der Waals surface area (Å²) < 4.78 is 1.41. The van der Waals surface area contributed by atoms with Gasteiger partial charge in [0, 0.05) is 17.6 Å².